The zero-order chi connectivity index (χ0) is 15.0. The molecule has 0 amide bonds. The molecule has 2 aromatic rings. The highest BCUT2D eigenvalue weighted by molar-refractivity contribution is 7.90. The van der Waals surface area contributed by atoms with E-state index in [9.17, 15) is 8.42 Å². The van der Waals surface area contributed by atoms with Crippen LogP contribution in [0.2, 0.25) is 0 Å². The highest BCUT2D eigenvalue weighted by atomic mass is 32.2. The lowest BCUT2D eigenvalue weighted by atomic mass is 10.1. The molecule has 2 aromatic carbocycles. The molecule has 1 heterocycles. The van der Waals surface area contributed by atoms with Crippen LogP contribution in [0.4, 0.5) is 0 Å². The molecule has 4 nitrogen and oxygen atoms in total. The Balaban J connectivity index is 2.00. The van der Waals surface area contributed by atoms with E-state index in [4.69, 9.17) is 0 Å². The number of sulfonamides is 1. The zero-order valence-electron chi connectivity index (χ0n) is 11.9. The van der Waals surface area contributed by atoms with Crippen LogP contribution in [-0.2, 0) is 10.0 Å². The van der Waals surface area contributed by atoms with Gasteiger partial charge in [0.2, 0.25) is 0 Å². The van der Waals surface area contributed by atoms with E-state index in [0.29, 0.717) is 16.3 Å². The quantitative estimate of drug-likeness (QED) is 0.927. The molecule has 5 heteroatoms. The van der Waals surface area contributed by atoms with E-state index >= 15 is 0 Å². The van der Waals surface area contributed by atoms with Gasteiger partial charge in [0.1, 0.15) is 5.84 Å². The predicted molar refractivity (Wildman–Crippen MR) is 82.9 cm³/mol. The molecule has 0 radical (unpaired) electrons. The molecular weight excluding hydrogens is 284 g/mol. The first-order valence-electron chi connectivity index (χ1n) is 6.74. The van der Waals surface area contributed by atoms with E-state index in [1.54, 1.807) is 18.2 Å². The Bertz CT molecular complexity index is 808. The van der Waals surface area contributed by atoms with Gasteiger partial charge in [0.05, 0.1) is 10.9 Å². The molecule has 0 aromatic heterocycles. The van der Waals surface area contributed by atoms with E-state index < -0.39 is 10.0 Å². The summed E-state index contributed by atoms with van der Waals surface area (Å²) >= 11 is 0. The predicted octanol–water partition coefficient (Wildman–Crippen LogP) is 2.79. The molecule has 0 spiro atoms. The van der Waals surface area contributed by atoms with E-state index in [2.05, 4.69) is 9.71 Å². The standard InChI is InChI=1S/C16H16N2O2S/c1-11-7-9-13(10-8-11)12(2)17-16-14-5-3-4-6-15(14)21(19,20)18-16/h3-10,12H,1-2H3,(H,17,18). The molecule has 0 fully saturated rings. The van der Waals surface area contributed by atoms with Crippen LogP contribution in [0.15, 0.2) is 58.4 Å². The van der Waals surface area contributed by atoms with Crippen LogP contribution in [0.5, 0.6) is 0 Å². The summed E-state index contributed by atoms with van der Waals surface area (Å²) in [5.41, 5.74) is 2.87. The number of aliphatic imine (C=N–C) groups is 1. The number of aryl methyl sites for hydroxylation is 1. The summed E-state index contributed by atoms with van der Waals surface area (Å²) in [5.74, 6) is 0.415. The molecule has 108 valence electrons. The average Bonchev–Trinajstić information content (AvgIpc) is 2.71. The minimum Gasteiger partial charge on any atom is -0.263 e. The van der Waals surface area contributed by atoms with Gasteiger partial charge in [0.15, 0.2) is 0 Å². The van der Waals surface area contributed by atoms with Crippen molar-refractivity contribution >= 4 is 15.9 Å². The Morgan fingerprint density at radius 2 is 1.71 bits per heavy atom. The van der Waals surface area contributed by atoms with Gasteiger partial charge in [0.25, 0.3) is 10.0 Å². The van der Waals surface area contributed by atoms with E-state index in [-0.39, 0.29) is 6.04 Å². The maximum Gasteiger partial charge on any atom is 0.263 e. The SMILES string of the molecule is Cc1ccc(C(C)N=C2NS(=O)(=O)c3ccccc32)cc1. The van der Waals surface area contributed by atoms with Crippen LogP contribution in [0, 0.1) is 6.92 Å². The zero-order valence-corrected chi connectivity index (χ0v) is 12.7. The highest BCUT2D eigenvalue weighted by Crippen LogP contribution is 2.25. The summed E-state index contributed by atoms with van der Waals surface area (Å²) in [6.07, 6.45) is 0. The van der Waals surface area contributed by atoms with Crippen molar-refractivity contribution < 1.29 is 8.42 Å². The number of hydrogen-bond acceptors (Lipinski definition) is 3. The molecular formula is C16H16N2O2S. The van der Waals surface area contributed by atoms with Crippen molar-refractivity contribution in [1.82, 2.24) is 4.72 Å². The molecule has 0 saturated carbocycles. The molecule has 0 aliphatic carbocycles. The number of amidine groups is 1. The maximum absolute atomic E-state index is 12.0. The van der Waals surface area contributed by atoms with Crippen LogP contribution in [-0.4, -0.2) is 14.3 Å². The number of fused-ring (bicyclic) bond motifs is 1. The molecule has 1 aliphatic heterocycles. The topological polar surface area (TPSA) is 58.5 Å². The molecule has 3 rings (SSSR count). The van der Waals surface area contributed by atoms with Gasteiger partial charge in [0, 0.05) is 5.56 Å². The Labute approximate surface area is 124 Å². The summed E-state index contributed by atoms with van der Waals surface area (Å²) in [6, 6.07) is 14.9. The minimum absolute atomic E-state index is 0.116. The van der Waals surface area contributed by atoms with Gasteiger partial charge in [-0.05, 0) is 31.5 Å². The van der Waals surface area contributed by atoms with Gasteiger partial charge in [-0.1, -0.05) is 42.0 Å². The van der Waals surface area contributed by atoms with Crippen molar-refractivity contribution in [3.63, 3.8) is 0 Å². The summed E-state index contributed by atoms with van der Waals surface area (Å²) < 4.78 is 26.6. The van der Waals surface area contributed by atoms with Crippen molar-refractivity contribution in [2.24, 2.45) is 4.99 Å². The third kappa shape index (κ3) is 2.56. The number of hydrogen-bond donors (Lipinski definition) is 1. The second-order valence-corrected chi connectivity index (χ2v) is 6.82. The molecule has 0 bridgehead atoms. The van der Waals surface area contributed by atoms with Crippen LogP contribution < -0.4 is 4.72 Å². The lowest BCUT2D eigenvalue weighted by molar-refractivity contribution is 0.595. The van der Waals surface area contributed by atoms with Gasteiger partial charge in [-0.25, -0.2) is 8.42 Å². The van der Waals surface area contributed by atoms with Crippen LogP contribution in [0.25, 0.3) is 0 Å². The van der Waals surface area contributed by atoms with Gasteiger partial charge < -0.3 is 0 Å². The Morgan fingerprint density at radius 3 is 2.43 bits per heavy atom. The fraction of sp³-hybridized carbons (Fsp3) is 0.188. The summed E-state index contributed by atoms with van der Waals surface area (Å²) in [5, 5.41) is 0. The minimum atomic E-state index is -3.47. The second kappa shape index (κ2) is 5.00. The van der Waals surface area contributed by atoms with Crippen molar-refractivity contribution in [1.29, 1.82) is 0 Å². The number of nitrogens with zero attached hydrogens (tertiary/aromatic N) is 1. The Morgan fingerprint density at radius 1 is 1.05 bits per heavy atom. The summed E-state index contributed by atoms with van der Waals surface area (Å²) in [4.78, 5) is 4.83. The van der Waals surface area contributed by atoms with Crippen molar-refractivity contribution in [3.8, 4) is 0 Å². The number of nitrogens with one attached hydrogen (secondary N) is 1. The lowest BCUT2D eigenvalue weighted by Gasteiger charge is -2.09. The van der Waals surface area contributed by atoms with Crippen molar-refractivity contribution in [2.75, 3.05) is 0 Å². The monoisotopic (exact) mass is 300 g/mol. The summed E-state index contributed by atoms with van der Waals surface area (Å²) in [6.45, 7) is 3.98. The maximum atomic E-state index is 12.0. The van der Waals surface area contributed by atoms with Gasteiger partial charge in [-0.2, -0.15) is 0 Å². The number of benzene rings is 2. The number of rotatable bonds is 2. The Kier molecular flexibility index (Phi) is 3.29. The summed E-state index contributed by atoms with van der Waals surface area (Å²) in [7, 11) is -3.47. The molecule has 1 atom stereocenters. The Hall–Kier alpha value is -2.14. The molecule has 0 saturated heterocycles. The fourth-order valence-corrected chi connectivity index (χ4v) is 3.58. The van der Waals surface area contributed by atoms with Gasteiger partial charge in [-0.3, -0.25) is 9.71 Å². The van der Waals surface area contributed by atoms with E-state index in [0.717, 1.165) is 5.56 Å². The van der Waals surface area contributed by atoms with Gasteiger partial charge >= 0.3 is 0 Å². The van der Waals surface area contributed by atoms with E-state index in [1.165, 1.54) is 5.56 Å². The normalized spacial score (nSPS) is 19.0. The molecule has 1 aliphatic rings. The van der Waals surface area contributed by atoms with Crippen LogP contribution in [0.1, 0.15) is 29.7 Å². The largest absolute Gasteiger partial charge is 0.263 e. The molecule has 1 N–H and O–H groups in total. The average molecular weight is 300 g/mol. The van der Waals surface area contributed by atoms with Gasteiger partial charge in [-0.15, -0.1) is 0 Å². The lowest BCUT2D eigenvalue weighted by Crippen LogP contribution is -2.22. The molecule has 21 heavy (non-hydrogen) atoms. The first-order chi connectivity index (χ1) is 9.97. The first kappa shape index (κ1) is 13.8. The van der Waals surface area contributed by atoms with E-state index in [1.807, 2.05) is 44.2 Å². The first-order valence-corrected chi connectivity index (χ1v) is 8.22. The third-order valence-corrected chi connectivity index (χ3v) is 4.94. The van der Waals surface area contributed by atoms with Crippen LogP contribution in [0.3, 0.4) is 0 Å². The second-order valence-electron chi connectivity index (χ2n) is 5.17. The highest BCUT2D eigenvalue weighted by Gasteiger charge is 2.30. The van der Waals surface area contributed by atoms with Crippen molar-refractivity contribution in [2.45, 2.75) is 24.8 Å². The van der Waals surface area contributed by atoms with Crippen molar-refractivity contribution in [3.05, 3.63) is 65.2 Å². The third-order valence-electron chi connectivity index (χ3n) is 3.55. The smallest absolute Gasteiger partial charge is 0.263 e. The molecule has 1 unspecified atom stereocenters. The van der Waals surface area contributed by atoms with Crippen LogP contribution >= 0.6 is 0 Å². The fourth-order valence-electron chi connectivity index (χ4n) is 2.34.